The van der Waals surface area contributed by atoms with Gasteiger partial charge in [-0.3, -0.25) is 0 Å². The van der Waals surface area contributed by atoms with Gasteiger partial charge in [0.25, 0.3) is 0 Å². The summed E-state index contributed by atoms with van der Waals surface area (Å²) in [6.45, 7) is 4.46. The maximum Gasteiger partial charge on any atom is 0.159 e. The molecular formula is C12H17BrClN3. The highest BCUT2D eigenvalue weighted by Crippen LogP contribution is 2.27. The van der Waals surface area contributed by atoms with Crippen molar-refractivity contribution in [3.05, 3.63) is 21.8 Å². The van der Waals surface area contributed by atoms with Gasteiger partial charge in [0.05, 0.1) is 5.02 Å². The van der Waals surface area contributed by atoms with Gasteiger partial charge in [-0.05, 0) is 48.7 Å². The fourth-order valence-electron chi connectivity index (χ4n) is 2.26. The van der Waals surface area contributed by atoms with Crippen LogP contribution in [-0.4, -0.2) is 22.1 Å². The predicted molar refractivity (Wildman–Crippen MR) is 75.2 cm³/mol. The molecule has 1 fully saturated rings. The Balaban J connectivity index is 2.13. The van der Waals surface area contributed by atoms with Crippen molar-refractivity contribution in [1.82, 2.24) is 9.99 Å². The van der Waals surface area contributed by atoms with Crippen LogP contribution in [0.4, 0.5) is 5.82 Å². The van der Waals surface area contributed by atoms with Gasteiger partial charge in [0.15, 0.2) is 5.82 Å². The molecule has 17 heavy (non-hydrogen) atoms. The molecule has 3 nitrogen and oxygen atoms in total. The van der Waals surface area contributed by atoms with E-state index in [9.17, 15) is 0 Å². The highest BCUT2D eigenvalue weighted by molar-refractivity contribution is 9.10. The Morgan fingerprint density at radius 2 is 2.06 bits per heavy atom. The Morgan fingerprint density at radius 1 is 1.41 bits per heavy atom. The number of aromatic nitrogens is 1. The van der Waals surface area contributed by atoms with Crippen LogP contribution in [0.2, 0.25) is 5.02 Å². The van der Waals surface area contributed by atoms with Gasteiger partial charge in [0.2, 0.25) is 0 Å². The zero-order valence-corrected chi connectivity index (χ0v) is 12.4. The fourth-order valence-corrected chi connectivity index (χ4v) is 2.93. The molecule has 2 atom stereocenters. The Labute approximate surface area is 116 Å². The Hall–Kier alpha value is -0.320. The van der Waals surface area contributed by atoms with Crippen molar-refractivity contribution in [2.45, 2.75) is 45.2 Å². The number of halogens is 2. The maximum atomic E-state index is 6.16. The van der Waals surface area contributed by atoms with E-state index in [0.717, 1.165) is 10.3 Å². The normalized spacial score (nSPS) is 25.9. The molecule has 1 aromatic heterocycles. The lowest BCUT2D eigenvalue weighted by Gasteiger charge is -2.39. The van der Waals surface area contributed by atoms with E-state index in [0.29, 0.717) is 17.1 Å². The summed E-state index contributed by atoms with van der Waals surface area (Å²) in [5.41, 5.74) is 3.35. The highest BCUT2D eigenvalue weighted by Gasteiger charge is 2.25. The molecule has 0 spiro atoms. The van der Waals surface area contributed by atoms with Crippen LogP contribution in [0.15, 0.2) is 16.7 Å². The van der Waals surface area contributed by atoms with Gasteiger partial charge in [-0.25, -0.2) is 9.99 Å². The summed E-state index contributed by atoms with van der Waals surface area (Å²) in [5.74, 6) is 0.732. The number of piperidine rings is 1. The van der Waals surface area contributed by atoms with Crippen molar-refractivity contribution >= 4 is 33.3 Å². The van der Waals surface area contributed by atoms with E-state index in [-0.39, 0.29) is 0 Å². The molecule has 1 aliphatic heterocycles. The summed E-state index contributed by atoms with van der Waals surface area (Å²) in [5, 5.41) is 2.90. The van der Waals surface area contributed by atoms with Gasteiger partial charge in [0, 0.05) is 22.8 Å². The lowest BCUT2D eigenvalue weighted by molar-refractivity contribution is 0.135. The zero-order valence-electron chi connectivity index (χ0n) is 10.1. The average molecular weight is 319 g/mol. The first-order valence-corrected chi connectivity index (χ1v) is 7.11. The first-order valence-electron chi connectivity index (χ1n) is 5.94. The van der Waals surface area contributed by atoms with Crippen molar-refractivity contribution in [1.29, 1.82) is 0 Å². The monoisotopic (exact) mass is 317 g/mol. The SMILES string of the molecule is CC1CCCC(C)N1Nc1ncc(Br)cc1Cl. The van der Waals surface area contributed by atoms with Crippen molar-refractivity contribution < 1.29 is 0 Å². The minimum absolute atomic E-state index is 0.514. The van der Waals surface area contributed by atoms with E-state index >= 15 is 0 Å². The molecule has 2 heterocycles. The molecule has 1 N–H and O–H groups in total. The van der Waals surface area contributed by atoms with Crippen LogP contribution in [0.5, 0.6) is 0 Å². The number of hydrazine groups is 1. The molecule has 1 saturated heterocycles. The van der Waals surface area contributed by atoms with Gasteiger partial charge in [-0.1, -0.05) is 18.0 Å². The van der Waals surface area contributed by atoms with E-state index in [2.05, 4.69) is 45.2 Å². The molecule has 1 aliphatic rings. The first-order chi connectivity index (χ1) is 8.08. The summed E-state index contributed by atoms with van der Waals surface area (Å²) in [6.07, 6.45) is 5.48. The van der Waals surface area contributed by atoms with Crippen LogP contribution in [-0.2, 0) is 0 Å². The largest absolute Gasteiger partial charge is 0.301 e. The number of hydrogen-bond acceptors (Lipinski definition) is 3. The molecule has 0 aliphatic carbocycles. The van der Waals surface area contributed by atoms with E-state index in [4.69, 9.17) is 11.6 Å². The van der Waals surface area contributed by atoms with E-state index in [1.807, 2.05) is 6.07 Å². The number of nitrogens with zero attached hydrogens (tertiary/aromatic N) is 2. The molecule has 0 radical (unpaired) electrons. The van der Waals surface area contributed by atoms with Gasteiger partial charge < -0.3 is 5.43 Å². The smallest absolute Gasteiger partial charge is 0.159 e. The second-order valence-electron chi connectivity index (χ2n) is 4.63. The fraction of sp³-hybridized carbons (Fsp3) is 0.583. The zero-order chi connectivity index (χ0) is 12.4. The maximum absolute atomic E-state index is 6.16. The van der Waals surface area contributed by atoms with Crippen LogP contribution >= 0.6 is 27.5 Å². The number of rotatable bonds is 2. The second-order valence-corrected chi connectivity index (χ2v) is 5.95. The molecule has 5 heteroatoms. The Kier molecular flexibility index (Phi) is 4.28. The van der Waals surface area contributed by atoms with Crippen LogP contribution in [0.25, 0.3) is 0 Å². The molecule has 2 unspecified atom stereocenters. The predicted octanol–water partition coefficient (Wildman–Crippen LogP) is 4.09. The number of hydrogen-bond donors (Lipinski definition) is 1. The van der Waals surface area contributed by atoms with Crippen LogP contribution in [0.3, 0.4) is 0 Å². The van der Waals surface area contributed by atoms with Gasteiger partial charge in [-0.2, -0.15) is 0 Å². The van der Waals surface area contributed by atoms with Gasteiger partial charge in [-0.15, -0.1) is 0 Å². The average Bonchev–Trinajstić information content (AvgIpc) is 2.26. The van der Waals surface area contributed by atoms with Crippen LogP contribution < -0.4 is 5.43 Å². The molecule has 0 aromatic carbocycles. The summed E-state index contributed by atoms with van der Waals surface area (Å²) in [4.78, 5) is 4.31. The van der Waals surface area contributed by atoms with E-state index < -0.39 is 0 Å². The number of nitrogens with one attached hydrogen (secondary N) is 1. The van der Waals surface area contributed by atoms with Crippen LogP contribution in [0.1, 0.15) is 33.1 Å². The molecule has 0 amide bonds. The summed E-state index contributed by atoms with van der Waals surface area (Å²) >= 11 is 9.52. The first kappa shape index (κ1) is 13.1. The van der Waals surface area contributed by atoms with E-state index in [1.165, 1.54) is 19.3 Å². The van der Waals surface area contributed by atoms with E-state index in [1.54, 1.807) is 6.20 Å². The number of pyridine rings is 1. The summed E-state index contributed by atoms with van der Waals surface area (Å²) in [6, 6.07) is 2.89. The van der Waals surface area contributed by atoms with Crippen molar-refractivity contribution in [2.24, 2.45) is 0 Å². The third-order valence-corrected chi connectivity index (χ3v) is 3.96. The lowest BCUT2D eigenvalue weighted by atomic mass is 10.00. The Bertz CT molecular complexity index is 389. The standard InChI is InChI=1S/C12H17BrClN3/c1-8-4-3-5-9(2)17(8)16-12-11(14)6-10(13)7-15-12/h6-9H,3-5H2,1-2H3,(H,15,16). The topological polar surface area (TPSA) is 28.2 Å². The molecule has 2 rings (SSSR count). The minimum atomic E-state index is 0.514. The highest BCUT2D eigenvalue weighted by atomic mass is 79.9. The van der Waals surface area contributed by atoms with Crippen molar-refractivity contribution in [3.8, 4) is 0 Å². The molecular weight excluding hydrogens is 302 g/mol. The lowest BCUT2D eigenvalue weighted by Crippen LogP contribution is -2.47. The van der Waals surface area contributed by atoms with Gasteiger partial charge in [0.1, 0.15) is 0 Å². The summed E-state index contributed by atoms with van der Waals surface area (Å²) < 4.78 is 0.896. The molecule has 94 valence electrons. The van der Waals surface area contributed by atoms with Crippen molar-refractivity contribution in [2.75, 3.05) is 5.43 Å². The van der Waals surface area contributed by atoms with Gasteiger partial charge >= 0.3 is 0 Å². The molecule has 0 bridgehead atoms. The molecule has 0 saturated carbocycles. The third kappa shape index (κ3) is 3.12. The minimum Gasteiger partial charge on any atom is -0.301 e. The summed E-state index contributed by atoms with van der Waals surface area (Å²) in [7, 11) is 0. The molecule has 1 aromatic rings. The number of anilines is 1. The third-order valence-electron chi connectivity index (χ3n) is 3.24. The Morgan fingerprint density at radius 3 is 2.65 bits per heavy atom. The second kappa shape index (κ2) is 5.55. The quantitative estimate of drug-likeness (QED) is 0.890. The van der Waals surface area contributed by atoms with Crippen LogP contribution in [0, 0.1) is 0 Å². The van der Waals surface area contributed by atoms with Crippen molar-refractivity contribution in [3.63, 3.8) is 0 Å².